The predicted octanol–water partition coefficient (Wildman–Crippen LogP) is 4.42. The first-order chi connectivity index (χ1) is 12.3. The molecule has 0 saturated carbocycles. The highest BCUT2D eigenvalue weighted by Crippen LogP contribution is 2.33. The second-order valence-corrected chi connectivity index (χ2v) is 8.92. The van der Waals surface area contributed by atoms with Crippen LogP contribution in [-0.4, -0.2) is 13.4 Å². The van der Waals surface area contributed by atoms with E-state index in [9.17, 15) is 8.42 Å². The lowest BCUT2D eigenvalue weighted by atomic mass is 9.97. The largest absolute Gasteiger partial charge is 0.423 e. The van der Waals surface area contributed by atoms with Crippen LogP contribution < -0.4 is 5.32 Å². The minimum Gasteiger partial charge on any atom is -0.423 e. The molecule has 0 radical (unpaired) electrons. The van der Waals surface area contributed by atoms with Crippen LogP contribution in [0.2, 0.25) is 0 Å². The SMILES string of the molecule is CC(C)(C)c1nc(S(=O)(=O)c2ccccc2)c(NCc2ccccc2)o1. The van der Waals surface area contributed by atoms with E-state index in [1.165, 1.54) is 0 Å². The summed E-state index contributed by atoms with van der Waals surface area (Å²) in [6, 6.07) is 18.0. The zero-order valence-corrected chi connectivity index (χ0v) is 15.9. The summed E-state index contributed by atoms with van der Waals surface area (Å²) in [7, 11) is -3.78. The van der Waals surface area contributed by atoms with Gasteiger partial charge in [0.15, 0.2) is 0 Å². The van der Waals surface area contributed by atoms with Gasteiger partial charge in [0.1, 0.15) is 0 Å². The number of nitrogens with one attached hydrogen (secondary N) is 1. The lowest BCUT2D eigenvalue weighted by Gasteiger charge is -2.12. The molecule has 0 aliphatic rings. The minimum atomic E-state index is -3.78. The number of aromatic nitrogens is 1. The molecule has 5 nitrogen and oxygen atoms in total. The Bertz CT molecular complexity index is 973. The van der Waals surface area contributed by atoms with Crippen LogP contribution in [0.3, 0.4) is 0 Å². The molecule has 3 aromatic rings. The van der Waals surface area contributed by atoms with Crippen LogP contribution in [0.15, 0.2) is 75.0 Å². The third-order valence-electron chi connectivity index (χ3n) is 3.84. The van der Waals surface area contributed by atoms with Crippen molar-refractivity contribution in [1.82, 2.24) is 4.98 Å². The van der Waals surface area contributed by atoms with E-state index in [2.05, 4.69) is 10.3 Å². The zero-order valence-electron chi connectivity index (χ0n) is 15.1. The molecule has 6 heteroatoms. The van der Waals surface area contributed by atoms with E-state index >= 15 is 0 Å². The molecule has 1 aromatic heterocycles. The van der Waals surface area contributed by atoms with Gasteiger partial charge in [-0.1, -0.05) is 69.3 Å². The monoisotopic (exact) mass is 370 g/mol. The molecule has 1 N–H and O–H groups in total. The molecular formula is C20H22N2O3S. The normalized spacial score (nSPS) is 12.1. The summed E-state index contributed by atoms with van der Waals surface area (Å²) in [6.07, 6.45) is 0. The van der Waals surface area contributed by atoms with Crippen molar-refractivity contribution in [2.75, 3.05) is 5.32 Å². The highest BCUT2D eigenvalue weighted by Gasteiger charge is 2.31. The maximum atomic E-state index is 13.0. The Hall–Kier alpha value is -2.60. The Kier molecular flexibility index (Phi) is 4.87. The van der Waals surface area contributed by atoms with Gasteiger partial charge in [-0.25, -0.2) is 8.42 Å². The highest BCUT2D eigenvalue weighted by atomic mass is 32.2. The smallest absolute Gasteiger partial charge is 0.233 e. The van der Waals surface area contributed by atoms with Crippen LogP contribution >= 0.6 is 0 Å². The van der Waals surface area contributed by atoms with Gasteiger partial charge in [0.05, 0.1) is 4.90 Å². The summed E-state index contributed by atoms with van der Waals surface area (Å²) in [5, 5.41) is 3.01. The molecule has 0 spiro atoms. The van der Waals surface area contributed by atoms with Gasteiger partial charge in [-0.3, -0.25) is 0 Å². The van der Waals surface area contributed by atoms with Gasteiger partial charge in [-0.05, 0) is 17.7 Å². The average molecular weight is 370 g/mol. The number of benzene rings is 2. The number of rotatable bonds is 5. The van der Waals surface area contributed by atoms with Gasteiger partial charge in [0.2, 0.25) is 26.6 Å². The van der Waals surface area contributed by atoms with Crippen molar-refractivity contribution in [2.24, 2.45) is 0 Å². The summed E-state index contributed by atoms with van der Waals surface area (Å²) in [4.78, 5) is 4.52. The Morgan fingerprint density at radius 3 is 2.12 bits per heavy atom. The first-order valence-corrected chi connectivity index (χ1v) is 9.86. The molecule has 2 aromatic carbocycles. The first kappa shape index (κ1) is 18.2. The van der Waals surface area contributed by atoms with Crippen LogP contribution in [0.1, 0.15) is 32.2 Å². The molecule has 0 aliphatic heterocycles. The highest BCUT2D eigenvalue weighted by molar-refractivity contribution is 7.91. The van der Waals surface area contributed by atoms with E-state index in [-0.39, 0.29) is 15.8 Å². The van der Waals surface area contributed by atoms with Gasteiger partial charge in [0.25, 0.3) is 0 Å². The van der Waals surface area contributed by atoms with E-state index in [0.29, 0.717) is 12.4 Å². The topological polar surface area (TPSA) is 72.2 Å². The minimum absolute atomic E-state index is 0.0791. The van der Waals surface area contributed by atoms with Crippen molar-refractivity contribution in [3.05, 3.63) is 72.1 Å². The van der Waals surface area contributed by atoms with Crippen molar-refractivity contribution in [2.45, 2.75) is 42.7 Å². The fourth-order valence-electron chi connectivity index (χ4n) is 2.41. The zero-order chi connectivity index (χ0) is 18.8. The summed E-state index contributed by atoms with van der Waals surface area (Å²) in [5.41, 5.74) is 0.609. The van der Waals surface area contributed by atoms with E-state index in [1.807, 2.05) is 51.1 Å². The van der Waals surface area contributed by atoms with Crippen molar-refractivity contribution in [3.8, 4) is 0 Å². The fourth-order valence-corrected chi connectivity index (χ4v) is 3.71. The summed E-state index contributed by atoms with van der Waals surface area (Å²) in [5.74, 6) is 0.546. The number of oxazole rings is 1. The lowest BCUT2D eigenvalue weighted by Crippen LogP contribution is -2.12. The molecule has 1 heterocycles. The van der Waals surface area contributed by atoms with Crippen LogP contribution in [0, 0.1) is 0 Å². The number of anilines is 1. The van der Waals surface area contributed by atoms with Crippen LogP contribution in [0.4, 0.5) is 5.88 Å². The van der Waals surface area contributed by atoms with Gasteiger partial charge in [-0.2, -0.15) is 4.98 Å². The summed E-state index contributed by atoms with van der Waals surface area (Å²) in [6.45, 7) is 6.23. The predicted molar refractivity (Wildman–Crippen MR) is 101 cm³/mol. The first-order valence-electron chi connectivity index (χ1n) is 8.38. The van der Waals surface area contributed by atoms with Gasteiger partial charge < -0.3 is 9.73 Å². The average Bonchev–Trinajstić information content (AvgIpc) is 3.07. The van der Waals surface area contributed by atoms with Crippen LogP contribution in [0.5, 0.6) is 0 Å². The van der Waals surface area contributed by atoms with Gasteiger partial charge in [0, 0.05) is 12.0 Å². The molecular weight excluding hydrogens is 348 g/mol. The number of hydrogen-bond donors (Lipinski definition) is 1. The molecule has 0 unspecified atom stereocenters. The molecule has 136 valence electrons. The summed E-state index contributed by atoms with van der Waals surface area (Å²) >= 11 is 0. The maximum absolute atomic E-state index is 13.0. The van der Waals surface area contributed by atoms with Crippen LogP contribution in [0.25, 0.3) is 0 Å². The molecule has 0 atom stereocenters. The standard InChI is InChI=1S/C20H22N2O3S/c1-20(2,3)19-22-18(26(23,24)16-12-8-5-9-13-16)17(25-19)21-14-15-10-6-4-7-11-15/h4-13,21H,14H2,1-3H3. The van der Waals surface area contributed by atoms with Crippen molar-refractivity contribution < 1.29 is 12.8 Å². The molecule has 0 aliphatic carbocycles. The second-order valence-electron chi connectivity index (χ2n) is 7.06. The Labute approximate surface area is 154 Å². The van der Waals surface area contributed by atoms with E-state index in [1.54, 1.807) is 30.3 Å². The Balaban J connectivity index is 2.02. The number of nitrogens with zero attached hydrogens (tertiary/aromatic N) is 1. The third kappa shape index (κ3) is 3.80. The Morgan fingerprint density at radius 2 is 1.54 bits per heavy atom. The molecule has 0 bridgehead atoms. The number of sulfone groups is 1. The molecule has 3 rings (SSSR count). The number of hydrogen-bond acceptors (Lipinski definition) is 5. The second kappa shape index (κ2) is 6.96. The molecule has 0 amide bonds. The van der Waals surface area contributed by atoms with E-state index in [0.717, 1.165) is 5.56 Å². The van der Waals surface area contributed by atoms with Crippen molar-refractivity contribution >= 4 is 15.7 Å². The molecule has 26 heavy (non-hydrogen) atoms. The molecule has 0 fully saturated rings. The summed E-state index contributed by atoms with van der Waals surface area (Å²) < 4.78 is 31.9. The van der Waals surface area contributed by atoms with E-state index < -0.39 is 15.3 Å². The van der Waals surface area contributed by atoms with Crippen LogP contribution in [-0.2, 0) is 21.8 Å². The van der Waals surface area contributed by atoms with Gasteiger partial charge in [-0.15, -0.1) is 0 Å². The third-order valence-corrected chi connectivity index (χ3v) is 5.52. The van der Waals surface area contributed by atoms with Crippen molar-refractivity contribution in [3.63, 3.8) is 0 Å². The molecule has 0 saturated heterocycles. The Morgan fingerprint density at radius 1 is 0.962 bits per heavy atom. The quantitative estimate of drug-likeness (QED) is 0.720. The van der Waals surface area contributed by atoms with E-state index in [4.69, 9.17) is 4.42 Å². The lowest BCUT2D eigenvalue weighted by molar-refractivity contribution is 0.399. The fraction of sp³-hybridized carbons (Fsp3) is 0.250. The van der Waals surface area contributed by atoms with Crippen molar-refractivity contribution in [1.29, 1.82) is 0 Å². The van der Waals surface area contributed by atoms with Gasteiger partial charge >= 0.3 is 0 Å². The maximum Gasteiger partial charge on any atom is 0.233 e.